The molecule has 23 heavy (non-hydrogen) atoms. The van der Waals surface area contributed by atoms with E-state index in [2.05, 4.69) is 10.0 Å². The SMILES string of the molecule is CC(CN)CNC(=O)c1ccc(S(=O)(=O)NC(C)(C)C)cc1.Cl. The van der Waals surface area contributed by atoms with E-state index < -0.39 is 15.6 Å². The summed E-state index contributed by atoms with van der Waals surface area (Å²) in [5.74, 6) is -0.0485. The number of amides is 1. The van der Waals surface area contributed by atoms with Crippen LogP contribution in [0.4, 0.5) is 0 Å². The third-order valence-corrected chi connectivity index (χ3v) is 4.65. The maximum atomic E-state index is 12.2. The molecule has 0 aliphatic carbocycles. The van der Waals surface area contributed by atoms with E-state index in [1.54, 1.807) is 20.8 Å². The summed E-state index contributed by atoms with van der Waals surface area (Å²) in [7, 11) is -3.59. The summed E-state index contributed by atoms with van der Waals surface area (Å²) in [5.41, 5.74) is 5.34. The lowest BCUT2D eigenvalue weighted by Gasteiger charge is -2.20. The molecule has 8 heteroatoms. The predicted octanol–water partition coefficient (Wildman–Crippen LogP) is 1.51. The molecule has 0 radical (unpaired) electrons. The number of halogens is 1. The molecule has 1 aromatic rings. The van der Waals surface area contributed by atoms with Crippen LogP contribution in [0.25, 0.3) is 0 Å². The van der Waals surface area contributed by atoms with Gasteiger partial charge in [-0.2, -0.15) is 0 Å². The number of rotatable bonds is 6. The molecule has 0 aliphatic heterocycles. The first-order valence-electron chi connectivity index (χ1n) is 7.17. The zero-order chi connectivity index (χ0) is 17.0. The summed E-state index contributed by atoms with van der Waals surface area (Å²) in [6.45, 7) is 8.23. The van der Waals surface area contributed by atoms with Gasteiger partial charge in [0.1, 0.15) is 0 Å². The smallest absolute Gasteiger partial charge is 0.251 e. The summed E-state index contributed by atoms with van der Waals surface area (Å²) < 4.78 is 26.9. The summed E-state index contributed by atoms with van der Waals surface area (Å²) in [4.78, 5) is 12.1. The molecule has 1 rings (SSSR count). The van der Waals surface area contributed by atoms with Crippen LogP contribution in [0.3, 0.4) is 0 Å². The number of carbonyl (C=O) groups excluding carboxylic acids is 1. The van der Waals surface area contributed by atoms with Gasteiger partial charge in [0.25, 0.3) is 5.91 Å². The van der Waals surface area contributed by atoms with E-state index in [1.165, 1.54) is 24.3 Å². The normalized spacial score (nSPS) is 13.1. The monoisotopic (exact) mass is 363 g/mol. The molecule has 1 aromatic carbocycles. The van der Waals surface area contributed by atoms with Crippen molar-refractivity contribution in [3.63, 3.8) is 0 Å². The Morgan fingerprint density at radius 1 is 1.22 bits per heavy atom. The first-order chi connectivity index (χ1) is 10.0. The standard InChI is InChI=1S/C15H25N3O3S.ClH/c1-11(9-16)10-17-14(19)12-5-7-13(8-6-12)22(20,21)18-15(2,3)4;/h5-8,11,18H,9-10,16H2,1-4H3,(H,17,19);1H. The van der Waals surface area contributed by atoms with Crippen LogP contribution in [0.5, 0.6) is 0 Å². The quantitative estimate of drug-likeness (QED) is 0.713. The number of hydrogen-bond acceptors (Lipinski definition) is 4. The molecule has 132 valence electrons. The van der Waals surface area contributed by atoms with E-state index in [4.69, 9.17) is 5.73 Å². The van der Waals surface area contributed by atoms with Gasteiger partial charge in [-0.15, -0.1) is 12.4 Å². The van der Waals surface area contributed by atoms with E-state index in [9.17, 15) is 13.2 Å². The number of sulfonamides is 1. The Hall–Kier alpha value is -1.15. The molecule has 0 aromatic heterocycles. The van der Waals surface area contributed by atoms with Gasteiger partial charge in [0.2, 0.25) is 10.0 Å². The summed E-state index contributed by atoms with van der Waals surface area (Å²) in [6, 6.07) is 5.85. The Kier molecular flexibility index (Phi) is 8.20. The van der Waals surface area contributed by atoms with Crippen LogP contribution in [0.15, 0.2) is 29.2 Å². The molecule has 0 fully saturated rings. The highest BCUT2D eigenvalue weighted by atomic mass is 35.5. The molecule has 4 N–H and O–H groups in total. The van der Waals surface area contributed by atoms with Gasteiger partial charge in [0.15, 0.2) is 0 Å². The van der Waals surface area contributed by atoms with Gasteiger partial charge in [-0.3, -0.25) is 4.79 Å². The third-order valence-electron chi connectivity index (χ3n) is 2.88. The van der Waals surface area contributed by atoms with Gasteiger partial charge < -0.3 is 11.1 Å². The third kappa shape index (κ3) is 7.30. The van der Waals surface area contributed by atoms with Gasteiger partial charge in [0.05, 0.1) is 4.90 Å². The average molecular weight is 364 g/mol. The minimum absolute atomic E-state index is 0. The minimum atomic E-state index is -3.59. The Bertz CT molecular complexity index is 610. The Morgan fingerprint density at radius 2 is 1.74 bits per heavy atom. The Labute approximate surface area is 144 Å². The van der Waals surface area contributed by atoms with Crippen molar-refractivity contribution in [3.05, 3.63) is 29.8 Å². The summed E-state index contributed by atoms with van der Waals surface area (Å²) >= 11 is 0. The molecule has 6 nitrogen and oxygen atoms in total. The molecular weight excluding hydrogens is 338 g/mol. The lowest BCUT2D eigenvalue weighted by molar-refractivity contribution is 0.0948. The molecule has 0 bridgehead atoms. The highest BCUT2D eigenvalue weighted by molar-refractivity contribution is 7.89. The fourth-order valence-electron chi connectivity index (χ4n) is 1.70. The Balaban J connectivity index is 0.00000484. The number of nitrogens with one attached hydrogen (secondary N) is 2. The fraction of sp³-hybridized carbons (Fsp3) is 0.533. The van der Waals surface area contributed by atoms with Crippen molar-refractivity contribution in [1.29, 1.82) is 0 Å². The maximum absolute atomic E-state index is 12.2. The Morgan fingerprint density at radius 3 is 2.17 bits per heavy atom. The molecule has 1 unspecified atom stereocenters. The second-order valence-electron chi connectivity index (χ2n) is 6.43. The van der Waals surface area contributed by atoms with Crippen molar-refractivity contribution < 1.29 is 13.2 Å². The van der Waals surface area contributed by atoms with Crippen molar-refractivity contribution >= 4 is 28.3 Å². The van der Waals surface area contributed by atoms with Gasteiger partial charge >= 0.3 is 0 Å². The van der Waals surface area contributed by atoms with Crippen molar-refractivity contribution in [2.75, 3.05) is 13.1 Å². The number of nitrogens with two attached hydrogens (primary N) is 1. The van der Waals surface area contributed by atoms with Gasteiger partial charge in [-0.05, 0) is 57.5 Å². The summed E-state index contributed by atoms with van der Waals surface area (Å²) in [6.07, 6.45) is 0. The van der Waals surface area contributed by atoms with Crippen LogP contribution in [-0.4, -0.2) is 33.0 Å². The van der Waals surface area contributed by atoms with E-state index in [1.807, 2.05) is 6.92 Å². The first kappa shape index (κ1) is 21.9. The van der Waals surface area contributed by atoms with Crippen LogP contribution in [0.2, 0.25) is 0 Å². The molecule has 0 heterocycles. The molecule has 0 saturated carbocycles. The topological polar surface area (TPSA) is 101 Å². The molecule has 0 aliphatic rings. The van der Waals surface area contributed by atoms with Gasteiger partial charge in [-0.1, -0.05) is 6.92 Å². The summed E-state index contributed by atoms with van der Waals surface area (Å²) in [5, 5.41) is 2.76. The van der Waals surface area contributed by atoms with E-state index in [-0.39, 0.29) is 29.1 Å². The maximum Gasteiger partial charge on any atom is 0.251 e. The number of hydrogen-bond donors (Lipinski definition) is 3. The minimum Gasteiger partial charge on any atom is -0.352 e. The van der Waals surface area contributed by atoms with Crippen LogP contribution in [0.1, 0.15) is 38.1 Å². The molecule has 1 amide bonds. The van der Waals surface area contributed by atoms with Crippen LogP contribution in [-0.2, 0) is 10.0 Å². The second-order valence-corrected chi connectivity index (χ2v) is 8.11. The van der Waals surface area contributed by atoms with Crippen LogP contribution in [0, 0.1) is 5.92 Å². The lowest BCUT2D eigenvalue weighted by Crippen LogP contribution is -2.40. The van der Waals surface area contributed by atoms with Crippen LogP contribution < -0.4 is 15.8 Å². The highest BCUT2D eigenvalue weighted by Crippen LogP contribution is 2.14. The lowest BCUT2D eigenvalue weighted by atomic mass is 10.1. The molecule has 0 spiro atoms. The largest absolute Gasteiger partial charge is 0.352 e. The number of benzene rings is 1. The predicted molar refractivity (Wildman–Crippen MR) is 94.3 cm³/mol. The first-order valence-corrected chi connectivity index (χ1v) is 8.66. The molecule has 1 atom stereocenters. The van der Waals surface area contributed by atoms with E-state index >= 15 is 0 Å². The molecule has 0 saturated heterocycles. The van der Waals surface area contributed by atoms with E-state index in [0.717, 1.165) is 0 Å². The zero-order valence-corrected chi connectivity index (χ0v) is 15.6. The number of carbonyl (C=O) groups is 1. The second kappa shape index (κ2) is 8.63. The van der Waals surface area contributed by atoms with Crippen molar-refractivity contribution in [2.24, 2.45) is 11.7 Å². The van der Waals surface area contributed by atoms with Crippen LogP contribution >= 0.6 is 12.4 Å². The van der Waals surface area contributed by atoms with Gasteiger partial charge in [0, 0.05) is 17.6 Å². The van der Waals surface area contributed by atoms with Crippen molar-refractivity contribution in [1.82, 2.24) is 10.0 Å². The average Bonchev–Trinajstić information content (AvgIpc) is 2.42. The van der Waals surface area contributed by atoms with E-state index in [0.29, 0.717) is 18.7 Å². The fourth-order valence-corrected chi connectivity index (χ4v) is 3.12. The van der Waals surface area contributed by atoms with Gasteiger partial charge in [-0.25, -0.2) is 13.1 Å². The highest BCUT2D eigenvalue weighted by Gasteiger charge is 2.22. The van der Waals surface area contributed by atoms with Crippen molar-refractivity contribution in [3.8, 4) is 0 Å². The van der Waals surface area contributed by atoms with Crippen molar-refractivity contribution in [2.45, 2.75) is 38.1 Å². The zero-order valence-electron chi connectivity index (χ0n) is 13.9. The molecular formula is C15H26ClN3O3S.